The maximum absolute atomic E-state index is 13.6. The summed E-state index contributed by atoms with van der Waals surface area (Å²) in [4.78, 5) is 4.34. The zero-order valence-electron chi connectivity index (χ0n) is 8.46. The molecular formula is C12H9ClFNO. The van der Waals surface area contributed by atoms with Gasteiger partial charge in [0.1, 0.15) is 11.3 Å². The summed E-state index contributed by atoms with van der Waals surface area (Å²) in [6.07, 6.45) is 0.694. The highest BCUT2D eigenvalue weighted by Crippen LogP contribution is 2.31. The van der Waals surface area contributed by atoms with Crippen LogP contribution >= 0.6 is 11.6 Å². The van der Waals surface area contributed by atoms with Crippen molar-refractivity contribution in [3.63, 3.8) is 0 Å². The molecule has 82 valence electrons. The normalized spacial score (nSPS) is 15.1. The second-order valence-electron chi connectivity index (χ2n) is 3.79. The maximum Gasteiger partial charge on any atom is 0.149 e. The van der Waals surface area contributed by atoms with Crippen molar-refractivity contribution in [3.8, 4) is 0 Å². The molecule has 1 aromatic heterocycles. The molecule has 16 heavy (non-hydrogen) atoms. The molecule has 1 aliphatic rings. The Morgan fingerprint density at radius 2 is 2.25 bits per heavy atom. The number of halogens is 2. The van der Waals surface area contributed by atoms with Crippen LogP contribution in [0.2, 0.25) is 5.02 Å². The van der Waals surface area contributed by atoms with Crippen molar-refractivity contribution in [3.05, 3.63) is 40.3 Å². The Morgan fingerprint density at radius 1 is 1.38 bits per heavy atom. The van der Waals surface area contributed by atoms with Gasteiger partial charge in [-0.05, 0) is 6.07 Å². The fourth-order valence-corrected chi connectivity index (χ4v) is 2.31. The van der Waals surface area contributed by atoms with Crippen molar-refractivity contribution in [1.29, 1.82) is 0 Å². The van der Waals surface area contributed by atoms with Crippen molar-refractivity contribution >= 4 is 22.5 Å². The Morgan fingerprint density at radius 3 is 3.12 bits per heavy atom. The number of pyridine rings is 1. The van der Waals surface area contributed by atoms with E-state index in [0.717, 1.165) is 11.3 Å². The third-order valence-corrected chi connectivity index (χ3v) is 3.24. The third-order valence-electron chi connectivity index (χ3n) is 2.81. The first kappa shape index (κ1) is 10.00. The van der Waals surface area contributed by atoms with Crippen LogP contribution in [-0.2, 0) is 17.8 Å². The Balaban J connectivity index is 2.39. The topological polar surface area (TPSA) is 22.1 Å². The molecule has 0 amide bonds. The number of hydrogen-bond donors (Lipinski definition) is 0. The van der Waals surface area contributed by atoms with Crippen LogP contribution in [-0.4, -0.2) is 11.6 Å². The summed E-state index contributed by atoms with van der Waals surface area (Å²) < 4.78 is 18.9. The average Bonchev–Trinajstić information content (AvgIpc) is 2.31. The van der Waals surface area contributed by atoms with Gasteiger partial charge in [0.25, 0.3) is 0 Å². The number of fused-ring (bicyclic) bond motifs is 2. The van der Waals surface area contributed by atoms with E-state index in [0.29, 0.717) is 35.6 Å². The van der Waals surface area contributed by atoms with Crippen LogP contribution < -0.4 is 0 Å². The molecule has 0 saturated carbocycles. The summed E-state index contributed by atoms with van der Waals surface area (Å²) in [6, 6.07) is 4.82. The number of hydrogen-bond acceptors (Lipinski definition) is 2. The number of nitrogens with zero attached hydrogens (tertiary/aromatic N) is 1. The van der Waals surface area contributed by atoms with Crippen molar-refractivity contribution in [1.82, 2.24) is 4.98 Å². The predicted octanol–water partition coefficient (Wildman–Crippen LogP) is 3.10. The SMILES string of the molecule is Fc1cccc2c(Cl)c3c(nc12)CCOC3. The van der Waals surface area contributed by atoms with Crippen molar-refractivity contribution < 1.29 is 9.13 Å². The van der Waals surface area contributed by atoms with Gasteiger partial charge in [0, 0.05) is 17.4 Å². The lowest BCUT2D eigenvalue weighted by atomic mass is 10.1. The molecule has 1 aromatic carbocycles. The van der Waals surface area contributed by atoms with E-state index in [4.69, 9.17) is 16.3 Å². The van der Waals surface area contributed by atoms with Gasteiger partial charge in [-0.3, -0.25) is 0 Å². The fourth-order valence-electron chi connectivity index (χ4n) is 1.99. The van der Waals surface area contributed by atoms with Crippen LogP contribution in [0.5, 0.6) is 0 Å². The van der Waals surface area contributed by atoms with Crippen LogP contribution in [0.1, 0.15) is 11.3 Å². The molecule has 4 heteroatoms. The first-order valence-electron chi connectivity index (χ1n) is 5.10. The van der Waals surface area contributed by atoms with E-state index in [1.54, 1.807) is 12.1 Å². The van der Waals surface area contributed by atoms with Gasteiger partial charge in [-0.1, -0.05) is 23.7 Å². The van der Waals surface area contributed by atoms with Gasteiger partial charge in [0.15, 0.2) is 0 Å². The molecule has 0 aliphatic carbocycles. The lowest BCUT2D eigenvalue weighted by molar-refractivity contribution is 0.109. The fraction of sp³-hybridized carbons (Fsp3) is 0.250. The Kier molecular flexibility index (Phi) is 2.30. The van der Waals surface area contributed by atoms with E-state index in [-0.39, 0.29) is 5.82 Å². The van der Waals surface area contributed by atoms with Gasteiger partial charge >= 0.3 is 0 Å². The number of rotatable bonds is 0. The predicted molar refractivity (Wildman–Crippen MR) is 60.1 cm³/mol. The lowest BCUT2D eigenvalue weighted by Crippen LogP contribution is -2.12. The monoisotopic (exact) mass is 237 g/mol. The van der Waals surface area contributed by atoms with E-state index in [1.807, 2.05) is 0 Å². The van der Waals surface area contributed by atoms with Crippen LogP contribution in [0.4, 0.5) is 4.39 Å². The van der Waals surface area contributed by atoms with Crippen LogP contribution in [0, 0.1) is 5.82 Å². The molecule has 0 radical (unpaired) electrons. The third kappa shape index (κ3) is 1.39. The van der Waals surface area contributed by atoms with Crippen molar-refractivity contribution in [2.75, 3.05) is 6.61 Å². The maximum atomic E-state index is 13.6. The van der Waals surface area contributed by atoms with E-state index in [9.17, 15) is 4.39 Å². The summed E-state index contributed by atoms with van der Waals surface area (Å²) in [7, 11) is 0. The number of benzene rings is 1. The molecule has 0 N–H and O–H groups in total. The summed E-state index contributed by atoms with van der Waals surface area (Å²) >= 11 is 6.24. The minimum atomic E-state index is -0.325. The molecular weight excluding hydrogens is 229 g/mol. The molecule has 0 atom stereocenters. The minimum Gasteiger partial charge on any atom is -0.376 e. The first-order valence-corrected chi connectivity index (χ1v) is 5.48. The summed E-state index contributed by atoms with van der Waals surface area (Å²) in [5.41, 5.74) is 2.10. The standard InChI is InChI=1S/C12H9ClFNO/c13-11-7-2-1-3-9(14)12(7)15-10-4-5-16-6-8(10)11/h1-3H,4-6H2. The van der Waals surface area contributed by atoms with E-state index >= 15 is 0 Å². The minimum absolute atomic E-state index is 0.325. The molecule has 2 heterocycles. The molecule has 2 aromatic rings. The molecule has 0 fully saturated rings. The number of aromatic nitrogens is 1. The van der Waals surface area contributed by atoms with Gasteiger partial charge in [0.2, 0.25) is 0 Å². The molecule has 0 saturated heterocycles. The molecule has 1 aliphatic heterocycles. The molecule has 0 spiro atoms. The van der Waals surface area contributed by atoms with Crippen molar-refractivity contribution in [2.45, 2.75) is 13.0 Å². The second-order valence-corrected chi connectivity index (χ2v) is 4.17. The quantitative estimate of drug-likeness (QED) is 0.703. The van der Waals surface area contributed by atoms with Crippen LogP contribution in [0.25, 0.3) is 10.9 Å². The molecule has 0 unspecified atom stereocenters. The number of para-hydroxylation sites is 1. The van der Waals surface area contributed by atoms with Gasteiger partial charge in [-0.15, -0.1) is 0 Å². The van der Waals surface area contributed by atoms with Gasteiger partial charge < -0.3 is 4.74 Å². The van der Waals surface area contributed by atoms with Gasteiger partial charge in [-0.25, -0.2) is 9.37 Å². The largest absolute Gasteiger partial charge is 0.376 e. The molecule has 2 nitrogen and oxygen atoms in total. The van der Waals surface area contributed by atoms with Crippen LogP contribution in [0.15, 0.2) is 18.2 Å². The van der Waals surface area contributed by atoms with E-state index < -0.39 is 0 Å². The summed E-state index contributed by atoms with van der Waals surface area (Å²) in [5.74, 6) is -0.325. The second kappa shape index (κ2) is 3.68. The van der Waals surface area contributed by atoms with Crippen molar-refractivity contribution in [2.24, 2.45) is 0 Å². The smallest absolute Gasteiger partial charge is 0.149 e. The Hall–Kier alpha value is -1.19. The van der Waals surface area contributed by atoms with Crippen LogP contribution in [0.3, 0.4) is 0 Å². The zero-order valence-corrected chi connectivity index (χ0v) is 9.22. The van der Waals surface area contributed by atoms with Gasteiger partial charge in [-0.2, -0.15) is 0 Å². The Bertz CT molecular complexity index is 570. The Labute approximate surface area is 97.0 Å². The van der Waals surface area contributed by atoms with E-state index in [2.05, 4.69) is 4.98 Å². The van der Waals surface area contributed by atoms with Gasteiger partial charge in [0.05, 0.1) is 23.9 Å². The van der Waals surface area contributed by atoms with E-state index in [1.165, 1.54) is 6.07 Å². The molecule has 0 bridgehead atoms. The molecule has 3 rings (SSSR count). The lowest BCUT2D eigenvalue weighted by Gasteiger charge is -2.18. The highest BCUT2D eigenvalue weighted by molar-refractivity contribution is 6.36. The first-order chi connectivity index (χ1) is 7.77. The highest BCUT2D eigenvalue weighted by Gasteiger charge is 2.18. The summed E-state index contributed by atoms with van der Waals surface area (Å²) in [5, 5.41) is 1.23. The highest BCUT2D eigenvalue weighted by atomic mass is 35.5. The summed E-state index contributed by atoms with van der Waals surface area (Å²) in [6.45, 7) is 1.09. The number of ether oxygens (including phenoxy) is 1. The zero-order chi connectivity index (χ0) is 11.1. The average molecular weight is 238 g/mol.